The zero-order valence-corrected chi connectivity index (χ0v) is 16.6. The van der Waals surface area contributed by atoms with Crippen LogP contribution in [0.2, 0.25) is 0 Å². The maximum absolute atomic E-state index is 13.1. The van der Waals surface area contributed by atoms with E-state index in [1.54, 1.807) is 23.5 Å². The molecule has 27 heavy (non-hydrogen) atoms. The number of amides is 1. The number of halogens is 1. The van der Waals surface area contributed by atoms with E-state index >= 15 is 0 Å². The van der Waals surface area contributed by atoms with Gasteiger partial charge in [0, 0.05) is 31.7 Å². The molecule has 0 N–H and O–H groups in total. The van der Waals surface area contributed by atoms with E-state index in [9.17, 15) is 9.18 Å². The van der Waals surface area contributed by atoms with Crippen molar-refractivity contribution in [1.82, 2.24) is 20.1 Å². The van der Waals surface area contributed by atoms with Crippen LogP contribution in [-0.2, 0) is 0 Å². The first-order valence-electron chi connectivity index (χ1n) is 8.59. The number of aryl methyl sites for hydroxylation is 2. The number of hydrogen-bond donors (Lipinski definition) is 0. The van der Waals surface area contributed by atoms with Gasteiger partial charge in [0.25, 0.3) is 5.91 Å². The molecule has 0 bridgehead atoms. The minimum Gasteiger partial charge on any atom is -0.343 e. The van der Waals surface area contributed by atoms with E-state index in [2.05, 4.69) is 20.1 Å². The number of nitrogens with zero attached hydrogens (tertiary/aromatic N) is 5. The van der Waals surface area contributed by atoms with E-state index in [0.29, 0.717) is 23.7 Å². The molecule has 3 aromatic rings. The van der Waals surface area contributed by atoms with Crippen molar-refractivity contribution in [1.29, 1.82) is 0 Å². The molecule has 0 atom stereocenters. The summed E-state index contributed by atoms with van der Waals surface area (Å²) in [6, 6.07) is 6.18. The van der Waals surface area contributed by atoms with Gasteiger partial charge in [0.15, 0.2) is 0 Å². The number of carbonyl (C=O) groups is 1. The maximum Gasteiger partial charge on any atom is 0.265 e. The Hall–Kier alpha value is -2.39. The molecule has 3 heterocycles. The van der Waals surface area contributed by atoms with Crippen LogP contribution in [0.3, 0.4) is 0 Å². The summed E-state index contributed by atoms with van der Waals surface area (Å²) in [6.45, 7) is 6.54. The normalized spacial score (nSPS) is 14.6. The highest BCUT2D eigenvalue weighted by Crippen LogP contribution is 2.29. The van der Waals surface area contributed by atoms with Crippen LogP contribution in [-0.4, -0.2) is 52.2 Å². The molecule has 0 unspecified atom stereocenters. The Labute approximate surface area is 164 Å². The van der Waals surface area contributed by atoms with E-state index in [1.165, 1.54) is 23.5 Å². The monoisotopic (exact) mass is 403 g/mol. The summed E-state index contributed by atoms with van der Waals surface area (Å²) >= 11 is 2.93. The quantitative estimate of drug-likeness (QED) is 0.671. The number of thiazole rings is 1. The van der Waals surface area contributed by atoms with Crippen LogP contribution in [0.5, 0.6) is 0 Å². The van der Waals surface area contributed by atoms with Gasteiger partial charge >= 0.3 is 0 Å². The highest BCUT2D eigenvalue weighted by Gasteiger charge is 2.26. The Bertz CT molecular complexity index is 961. The number of anilines is 1. The summed E-state index contributed by atoms with van der Waals surface area (Å²) < 4.78 is 13.1. The molecule has 1 fully saturated rings. The average Bonchev–Trinajstić information content (AvgIpc) is 3.28. The number of benzene rings is 1. The van der Waals surface area contributed by atoms with Crippen molar-refractivity contribution >= 4 is 33.7 Å². The lowest BCUT2D eigenvalue weighted by atomic mass is 10.2. The van der Waals surface area contributed by atoms with E-state index in [1.807, 2.05) is 18.7 Å². The highest BCUT2D eigenvalue weighted by molar-refractivity contribution is 7.17. The molecule has 1 aromatic carbocycles. The predicted molar refractivity (Wildman–Crippen MR) is 105 cm³/mol. The second-order valence-electron chi connectivity index (χ2n) is 6.32. The summed E-state index contributed by atoms with van der Waals surface area (Å²) in [5, 5.41) is 10.8. The van der Waals surface area contributed by atoms with E-state index in [4.69, 9.17) is 0 Å². The lowest BCUT2D eigenvalue weighted by Crippen LogP contribution is -2.48. The molecule has 9 heteroatoms. The van der Waals surface area contributed by atoms with E-state index in [0.717, 1.165) is 33.8 Å². The topological polar surface area (TPSA) is 62.2 Å². The minimum absolute atomic E-state index is 0.00598. The fourth-order valence-corrected chi connectivity index (χ4v) is 4.75. The van der Waals surface area contributed by atoms with Crippen LogP contribution >= 0.6 is 22.7 Å². The summed E-state index contributed by atoms with van der Waals surface area (Å²) in [6.07, 6.45) is 0. The van der Waals surface area contributed by atoms with Crippen LogP contribution in [0, 0.1) is 19.7 Å². The second kappa shape index (κ2) is 7.32. The van der Waals surface area contributed by atoms with Crippen LogP contribution < -0.4 is 4.90 Å². The Morgan fingerprint density at radius 2 is 1.74 bits per heavy atom. The Kier molecular flexibility index (Phi) is 4.88. The highest BCUT2D eigenvalue weighted by atomic mass is 32.1. The molecule has 1 saturated heterocycles. The molecule has 6 nitrogen and oxygen atoms in total. The van der Waals surface area contributed by atoms with E-state index in [-0.39, 0.29) is 11.7 Å². The number of aromatic nitrogens is 3. The van der Waals surface area contributed by atoms with Crippen molar-refractivity contribution in [2.24, 2.45) is 0 Å². The maximum atomic E-state index is 13.1. The zero-order valence-electron chi connectivity index (χ0n) is 15.0. The Balaban J connectivity index is 1.46. The molecule has 1 aliphatic heterocycles. The summed E-state index contributed by atoms with van der Waals surface area (Å²) in [4.78, 5) is 22.1. The lowest BCUT2D eigenvalue weighted by molar-refractivity contribution is 0.0750. The van der Waals surface area contributed by atoms with Crippen LogP contribution in [0.25, 0.3) is 10.6 Å². The van der Waals surface area contributed by atoms with Gasteiger partial charge in [-0.2, -0.15) is 0 Å². The molecule has 1 aliphatic rings. The van der Waals surface area contributed by atoms with Crippen molar-refractivity contribution < 1.29 is 9.18 Å². The molecule has 0 aliphatic carbocycles. The number of piperazine rings is 1. The fourth-order valence-electron chi connectivity index (χ4n) is 2.97. The first-order valence-corrected chi connectivity index (χ1v) is 10.2. The largest absolute Gasteiger partial charge is 0.343 e. The molecule has 2 aromatic heterocycles. The number of rotatable bonds is 3. The third-order valence-electron chi connectivity index (χ3n) is 4.43. The van der Waals surface area contributed by atoms with Crippen LogP contribution in [0.1, 0.15) is 20.4 Å². The molecule has 140 valence electrons. The molecule has 0 saturated carbocycles. The minimum atomic E-state index is -0.285. The van der Waals surface area contributed by atoms with Crippen LogP contribution in [0.4, 0.5) is 9.52 Å². The molecular formula is C18H18FN5OS2. The van der Waals surface area contributed by atoms with Gasteiger partial charge in [0.05, 0.1) is 5.69 Å². The van der Waals surface area contributed by atoms with Crippen molar-refractivity contribution in [3.63, 3.8) is 0 Å². The van der Waals surface area contributed by atoms with Gasteiger partial charge in [0.1, 0.15) is 20.7 Å². The summed E-state index contributed by atoms with van der Waals surface area (Å²) in [5.41, 5.74) is 1.53. The third-order valence-corrected chi connectivity index (χ3v) is 6.53. The first kappa shape index (κ1) is 18.0. The third kappa shape index (κ3) is 3.70. The SMILES string of the molecule is Cc1nnc(N2CCN(C(=O)c3sc(-c4ccc(F)cc4)nc3C)CC2)s1. The van der Waals surface area contributed by atoms with Gasteiger partial charge in [-0.1, -0.05) is 11.3 Å². The molecule has 0 spiro atoms. The molecule has 1 amide bonds. The lowest BCUT2D eigenvalue weighted by Gasteiger charge is -2.34. The molecule has 4 rings (SSSR count). The Morgan fingerprint density at radius 3 is 2.37 bits per heavy atom. The summed E-state index contributed by atoms with van der Waals surface area (Å²) in [7, 11) is 0. The number of hydrogen-bond acceptors (Lipinski definition) is 7. The smallest absolute Gasteiger partial charge is 0.265 e. The van der Waals surface area contributed by atoms with Gasteiger partial charge in [-0.3, -0.25) is 4.79 Å². The van der Waals surface area contributed by atoms with Gasteiger partial charge in [-0.05, 0) is 38.1 Å². The van der Waals surface area contributed by atoms with E-state index < -0.39 is 0 Å². The van der Waals surface area contributed by atoms with Gasteiger partial charge < -0.3 is 9.80 Å². The zero-order chi connectivity index (χ0) is 19.0. The molecular weight excluding hydrogens is 385 g/mol. The van der Waals surface area contributed by atoms with Crippen molar-refractivity contribution in [3.05, 3.63) is 45.7 Å². The standard InChI is InChI=1S/C18H18FN5OS2/c1-11-15(27-16(20-11)13-3-5-14(19)6-4-13)17(25)23-7-9-24(10-8-23)18-22-21-12(2)26-18/h3-6H,7-10H2,1-2H3. The van der Waals surface area contributed by atoms with Crippen molar-refractivity contribution in [2.45, 2.75) is 13.8 Å². The van der Waals surface area contributed by atoms with Crippen molar-refractivity contribution in [2.75, 3.05) is 31.1 Å². The number of carbonyl (C=O) groups excluding carboxylic acids is 1. The predicted octanol–water partition coefficient (Wildman–Crippen LogP) is 3.38. The molecule has 0 radical (unpaired) electrons. The van der Waals surface area contributed by atoms with Gasteiger partial charge in [0.2, 0.25) is 5.13 Å². The van der Waals surface area contributed by atoms with Gasteiger partial charge in [-0.15, -0.1) is 21.5 Å². The first-order chi connectivity index (χ1) is 13.0. The summed E-state index contributed by atoms with van der Waals surface area (Å²) in [5.74, 6) is -0.279. The van der Waals surface area contributed by atoms with Crippen molar-refractivity contribution in [3.8, 4) is 10.6 Å². The fraction of sp³-hybridized carbons (Fsp3) is 0.333. The average molecular weight is 404 g/mol. The Morgan fingerprint density at radius 1 is 1.04 bits per heavy atom. The van der Waals surface area contributed by atoms with Gasteiger partial charge in [-0.25, -0.2) is 9.37 Å². The second-order valence-corrected chi connectivity index (χ2v) is 8.48. The van der Waals surface area contributed by atoms with Crippen LogP contribution in [0.15, 0.2) is 24.3 Å².